The van der Waals surface area contributed by atoms with E-state index in [2.05, 4.69) is 38.1 Å². The van der Waals surface area contributed by atoms with E-state index in [1.54, 1.807) is 0 Å². The van der Waals surface area contributed by atoms with Crippen molar-refractivity contribution in [3.8, 4) is 0 Å². The second-order valence-corrected chi connectivity index (χ2v) is 4.74. The molecule has 1 N–H and O–H groups in total. The number of hydrogen-bond donors (Lipinski definition) is 1. The molecule has 0 radical (unpaired) electrons. The summed E-state index contributed by atoms with van der Waals surface area (Å²) >= 11 is 3.37. The molecule has 0 aliphatic rings. The van der Waals surface area contributed by atoms with Crippen molar-refractivity contribution in [1.82, 2.24) is 15.3 Å². The van der Waals surface area contributed by atoms with E-state index in [0.29, 0.717) is 0 Å². The van der Waals surface area contributed by atoms with Crippen LogP contribution in [-0.2, 0) is 6.54 Å². The molecule has 2 rings (SSSR count). The van der Waals surface area contributed by atoms with Crippen LogP contribution < -0.4 is 5.32 Å². The average Bonchev–Trinajstić information content (AvgIpc) is 2.39. The largest absolute Gasteiger partial charge is 0.303 e. The fourth-order valence-electron chi connectivity index (χ4n) is 1.51. The van der Waals surface area contributed by atoms with Crippen molar-refractivity contribution in [2.75, 3.05) is 0 Å². The number of rotatable bonds is 4. The van der Waals surface area contributed by atoms with Gasteiger partial charge in [0.25, 0.3) is 0 Å². The van der Waals surface area contributed by atoms with E-state index in [0.717, 1.165) is 22.4 Å². The maximum Gasteiger partial charge on any atom is 0.0570 e. The molecular formula is C13H14BrN3. The second-order valence-electron chi connectivity index (χ2n) is 3.82. The molecule has 4 heteroatoms. The summed E-state index contributed by atoms with van der Waals surface area (Å²) in [5, 5.41) is 3.39. The van der Waals surface area contributed by atoms with Gasteiger partial charge in [0.05, 0.1) is 11.4 Å². The Labute approximate surface area is 109 Å². The van der Waals surface area contributed by atoms with Gasteiger partial charge in [0, 0.05) is 29.5 Å². The van der Waals surface area contributed by atoms with Gasteiger partial charge in [-0.15, -0.1) is 0 Å². The number of pyridine rings is 2. The Hall–Kier alpha value is -1.26. The molecule has 2 heterocycles. The number of hydrogen-bond acceptors (Lipinski definition) is 3. The van der Waals surface area contributed by atoms with Crippen LogP contribution in [0.1, 0.15) is 24.4 Å². The Morgan fingerprint density at radius 2 is 2.12 bits per heavy atom. The molecular weight excluding hydrogens is 278 g/mol. The van der Waals surface area contributed by atoms with Crippen molar-refractivity contribution in [2.24, 2.45) is 0 Å². The third kappa shape index (κ3) is 3.61. The maximum atomic E-state index is 4.31. The van der Waals surface area contributed by atoms with Crippen LogP contribution in [0.3, 0.4) is 0 Å². The summed E-state index contributed by atoms with van der Waals surface area (Å²) in [6.45, 7) is 2.84. The van der Waals surface area contributed by atoms with Crippen LogP contribution in [0, 0.1) is 0 Å². The molecule has 0 saturated heterocycles. The highest BCUT2D eigenvalue weighted by molar-refractivity contribution is 9.10. The van der Waals surface area contributed by atoms with Crippen LogP contribution in [0.15, 0.2) is 47.2 Å². The first kappa shape index (κ1) is 12.2. The average molecular weight is 292 g/mol. The Morgan fingerprint density at radius 3 is 2.76 bits per heavy atom. The molecule has 0 saturated carbocycles. The molecule has 0 aliphatic carbocycles. The third-order valence-corrected chi connectivity index (χ3v) is 2.98. The molecule has 0 unspecified atom stereocenters. The summed E-state index contributed by atoms with van der Waals surface area (Å²) in [5.41, 5.74) is 2.07. The van der Waals surface area contributed by atoms with Crippen LogP contribution in [0.4, 0.5) is 0 Å². The van der Waals surface area contributed by atoms with E-state index in [9.17, 15) is 0 Å². The van der Waals surface area contributed by atoms with Gasteiger partial charge >= 0.3 is 0 Å². The van der Waals surface area contributed by atoms with Crippen molar-refractivity contribution in [3.05, 3.63) is 58.6 Å². The number of aromatic nitrogens is 2. The summed E-state index contributed by atoms with van der Waals surface area (Å²) in [6, 6.07) is 10.2. The zero-order valence-electron chi connectivity index (χ0n) is 9.60. The lowest BCUT2D eigenvalue weighted by atomic mass is 10.2. The topological polar surface area (TPSA) is 37.8 Å². The van der Waals surface area contributed by atoms with Gasteiger partial charge in [-0.25, -0.2) is 0 Å². The molecule has 0 amide bonds. The molecule has 1 atom stereocenters. The molecule has 3 nitrogen and oxygen atoms in total. The molecule has 0 aromatic carbocycles. The van der Waals surface area contributed by atoms with Gasteiger partial charge in [0.1, 0.15) is 0 Å². The quantitative estimate of drug-likeness (QED) is 0.941. The zero-order valence-corrected chi connectivity index (χ0v) is 11.2. The molecule has 88 valence electrons. The lowest BCUT2D eigenvalue weighted by Crippen LogP contribution is -2.19. The predicted molar refractivity (Wildman–Crippen MR) is 71.4 cm³/mol. The summed E-state index contributed by atoms with van der Waals surface area (Å²) in [6.07, 6.45) is 3.62. The first-order chi connectivity index (χ1) is 8.25. The third-order valence-electron chi connectivity index (χ3n) is 2.51. The molecule has 0 aliphatic heterocycles. The monoisotopic (exact) mass is 291 g/mol. The lowest BCUT2D eigenvalue weighted by molar-refractivity contribution is 0.555. The Balaban J connectivity index is 1.92. The highest BCUT2D eigenvalue weighted by atomic mass is 79.9. The molecule has 0 bridgehead atoms. The van der Waals surface area contributed by atoms with E-state index in [1.165, 1.54) is 0 Å². The molecule has 0 fully saturated rings. The summed E-state index contributed by atoms with van der Waals surface area (Å²) in [5.74, 6) is 0. The van der Waals surface area contributed by atoms with Gasteiger partial charge in [-0.2, -0.15) is 0 Å². The standard InChI is InChI=1S/C13H14BrN3/c1-10(13-4-2-3-7-15-13)16-9-12-6-5-11(14)8-17-12/h2-8,10,16H,9H2,1H3/t10-/m1/s1. The predicted octanol–water partition coefficient (Wildman–Crippen LogP) is 3.09. The number of halogens is 1. The molecule has 0 spiro atoms. The highest BCUT2D eigenvalue weighted by Crippen LogP contribution is 2.10. The lowest BCUT2D eigenvalue weighted by Gasteiger charge is -2.12. The first-order valence-electron chi connectivity index (χ1n) is 5.50. The van der Waals surface area contributed by atoms with Crippen molar-refractivity contribution >= 4 is 15.9 Å². The van der Waals surface area contributed by atoms with Crippen LogP contribution >= 0.6 is 15.9 Å². The van der Waals surface area contributed by atoms with Crippen LogP contribution in [-0.4, -0.2) is 9.97 Å². The van der Waals surface area contributed by atoms with Gasteiger partial charge in [0.2, 0.25) is 0 Å². The van der Waals surface area contributed by atoms with E-state index in [1.807, 2.05) is 42.7 Å². The minimum absolute atomic E-state index is 0.224. The van der Waals surface area contributed by atoms with Crippen LogP contribution in [0.2, 0.25) is 0 Å². The van der Waals surface area contributed by atoms with Crippen molar-refractivity contribution in [3.63, 3.8) is 0 Å². The second kappa shape index (κ2) is 5.89. The number of nitrogens with zero attached hydrogens (tertiary/aromatic N) is 2. The summed E-state index contributed by atoms with van der Waals surface area (Å²) in [4.78, 5) is 8.63. The van der Waals surface area contributed by atoms with E-state index in [4.69, 9.17) is 0 Å². The van der Waals surface area contributed by atoms with E-state index < -0.39 is 0 Å². The van der Waals surface area contributed by atoms with Crippen molar-refractivity contribution < 1.29 is 0 Å². The van der Waals surface area contributed by atoms with Gasteiger partial charge in [-0.3, -0.25) is 9.97 Å². The maximum absolute atomic E-state index is 4.31. The highest BCUT2D eigenvalue weighted by Gasteiger charge is 2.05. The smallest absolute Gasteiger partial charge is 0.0570 e. The number of nitrogens with one attached hydrogen (secondary N) is 1. The van der Waals surface area contributed by atoms with E-state index in [-0.39, 0.29) is 6.04 Å². The van der Waals surface area contributed by atoms with Gasteiger partial charge in [-0.05, 0) is 47.1 Å². The minimum atomic E-state index is 0.224. The van der Waals surface area contributed by atoms with Crippen LogP contribution in [0.5, 0.6) is 0 Å². The van der Waals surface area contributed by atoms with E-state index >= 15 is 0 Å². The Kier molecular flexibility index (Phi) is 4.23. The Bertz CT molecular complexity index is 456. The van der Waals surface area contributed by atoms with Crippen molar-refractivity contribution in [1.29, 1.82) is 0 Å². The molecule has 2 aromatic heterocycles. The van der Waals surface area contributed by atoms with Gasteiger partial charge in [-0.1, -0.05) is 6.07 Å². The normalized spacial score (nSPS) is 12.4. The van der Waals surface area contributed by atoms with Gasteiger partial charge < -0.3 is 5.32 Å². The zero-order chi connectivity index (χ0) is 12.1. The Morgan fingerprint density at radius 1 is 1.24 bits per heavy atom. The fraction of sp³-hybridized carbons (Fsp3) is 0.231. The van der Waals surface area contributed by atoms with Gasteiger partial charge in [0.15, 0.2) is 0 Å². The van der Waals surface area contributed by atoms with Crippen LogP contribution in [0.25, 0.3) is 0 Å². The fourth-order valence-corrected chi connectivity index (χ4v) is 1.74. The summed E-state index contributed by atoms with van der Waals surface area (Å²) in [7, 11) is 0. The minimum Gasteiger partial charge on any atom is -0.303 e. The molecule has 17 heavy (non-hydrogen) atoms. The SMILES string of the molecule is C[C@@H](NCc1ccc(Br)cn1)c1ccccn1. The summed E-state index contributed by atoms with van der Waals surface area (Å²) < 4.78 is 0.999. The first-order valence-corrected chi connectivity index (χ1v) is 6.30. The molecule has 2 aromatic rings. The van der Waals surface area contributed by atoms with Crippen molar-refractivity contribution in [2.45, 2.75) is 19.5 Å².